The number of halogens is 1. The number of carbonyl (C=O) groups excluding carboxylic acids is 2. The third-order valence-corrected chi connectivity index (χ3v) is 4.87. The predicted octanol–water partition coefficient (Wildman–Crippen LogP) is 5.25. The summed E-state index contributed by atoms with van der Waals surface area (Å²) in [6, 6.07) is 16.5. The average Bonchev–Trinajstić information content (AvgIpc) is 3.12. The Labute approximate surface area is 167 Å². The summed E-state index contributed by atoms with van der Waals surface area (Å²) >= 11 is 5.94. The van der Waals surface area contributed by atoms with Crippen molar-refractivity contribution in [2.45, 2.75) is 13.3 Å². The van der Waals surface area contributed by atoms with E-state index in [1.54, 1.807) is 43.6 Å². The maximum absolute atomic E-state index is 13.1. The summed E-state index contributed by atoms with van der Waals surface area (Å²) in [5.41, 5.74) is 4.54. The molecule has 138 valence electrons. The monoisotopic (exact) mass is 388 g/mol. The lowest BCUT2D eigenvalue weighted by atomic mass is 9.95. The van der Waals surface area contributed by atoms with Gasteiger partial charge in [-0.25, -0.2) is 4.98 Å². The smallest absolute Gasteiger partial charge is 0.195 e. The SMILES string of the molecule is CC(=O)Cc1cccc(-c2ccnc3[nH]cc(C(=O)c4ccc(Cl)cc4)c23)c1. The van der Waals surface area contributed by atoms with Crippen LogP contribution in [0.2, 0.25) is 5.02 Å². The number of pyridine rings is 1. The largest absolute Gasteiger partial charge is 0.345 e. The number of Topliss-reactive ketones (excluding diaryl/α,β-unsaturated/α-hetero) is 1. The Hall–Kier alpha value is -3.24. The molecule has 0 aliphatic rings. The van der Waals surface area contributed by atoms with Gasteiger partial charge in [0.2, 0.25) is 0 Å². The zero-order valence-corrected chi connectivity index (χ0v) is 16.0. The van der Waals surface area contributed by atoms with Crippen LogP contribution in [0.25, 0.3) is 22.2 Å². The van der Waals surface area contributed by atoms with Crippen molar-refractivity contribution in [1.82, 2.24) is 9.97 Å². The molecule has 0 radical (unpaired) electrons. The molecule has 0 amide bonds. The second-order valence-corrected chi connectivity index (χ2v) is 7.14. The number of nitrogens with one attached hydrogen (secondary N) is 1. The Balaban J connectivity index is 1.85. The maximum atomic E-state index is 13.1. The Morgan fingerprint density at radius 1 is 1.07 bits per heavy atom. The van der Waals surface area contributed by atoms with E-state index >= 15 is 0 Å². The summed E-state index contributed by atoms with van der Waals surface area (Å²) in [7, 11) is 0. The van der Waals surface area contributed by atoms with Gasteiger partial charge in [0.05, 0.1) is 5.56 Å². The van der Waals surface area contributed by atoms with Gasteiger partial charge in [-0.15, -0.1) is 0 Å². The molecule has 0 aliphatic heterocycles. The van der Waals surface area contributed by atoms with Crippen molar-refractivity contribution < 1.29 is 9.59 Å². The number of aromatic amines is 1. The van der Waals surface area contributed by atoms with Gasteiger partial charge in [-0.3, -0.25) is 9.59 Å². The van der Waals surface area contributed by atoms with Gasteiger partial charge in [0, 0.05) is 34.8 Å². The quantitative estimate of drug-likeness (QED) is 0.475. The molecule has 2 aromatic carbocycles. The molecule has 0 unspecified atom stereocenters. The highest BCUT2D eigenvalue weighted by Gasteiger charge is 2.18. The predicted molar refractivity (Wildman–Crippen MR) is 111 cm³/mol. The molecule has 0 atom stereocenters. The fourth-order valence-electron chi connectivity index (χ4n) is 3.37. The molecule has 0 bridgehead atoms. The second-order valence-electron chi connectivity index (χ2n) is 6.70. The van der Waals surface area contributed by atoms with E-state index in [1.165, 1.54) is 0 Å². The number of benzene rings is 2. The van der Waals surface area contributed by atoms with Crippen LogP contribution >= 0.6 is 11.6 Å². The number of fused-ring (bicyclic) bond motifs is 1. The molecule has 4 nitrogen and oxygen atoms in total. The Bertz CT molecular complexity index is 1190. The Morgan fingerprint density at radius 2 is 1.86 bits per heavy atom. The number of hydrogen-bond donors (Lipinski definition) is 1. The number of ketones is 2. The average molecular weight is 389 g/mol. The van der Waals surface area contributed by atoms with Crippen molar-refractivity contribution in [3.05, 3.63) is 88.7 Å². The van der Waals surface area contributed by atoms with Crippen LogP contribution < -0.4 is 0 Å². The number of H-pyrrole nitrogens is 1. The van der Waals surface area contributed by atoms with Gasteiger partial charge in [0.1, 0.15) is 11.4 Å². The van der Waals surface area contributed by atoms with Crippen molar-refractivity contribution in [1.29, 1.82) is 0 Å². The molecule has 4 rings (SSSR count). The van der Waals surface area contributed by atoms with Crippen molar-refractivity contribution in [3.63, 3.8) is 0 Å². The first-order chi connectivity index (χ1) is 13.5. The summed E-state index contributed by atoms with van der Waals surface area (Å²) in [6.45, 7) is 1.58. The van der Waals surface area contributed by atoms with E-state index < -0.39 is 0 Å². The first kappa shape index (κ1) is 18.1. The summed E-state index contributed by atoms with van der Waals surface area (Å²) in [6.07, 6.45) is 3.78. The van der Waals surface area contributed by atoms with E-state index in [0.29, 0.717) is 28.2 Å². The molecule has 0 saturated carbocycles. The van der Waals surface area contributed by atoms with Crippen molar-refractivity contribution >= 4 is 34.2 Å². The lowest BCUT2D eigenvalue weighted by Gasteiger charge is -2.08. The lowest BCUT2D eigenvalue weighted by molar-refractivity contribution is -0.116. The van der Waals surface area contributed by atoms with Crippen LogP contribution in [0.4, 0.5) is 0 Å². The highest BCUT2D eigenvalue weighted by Crippen LogP contribution is 2.32. The van der Waals surface area contributed by atoms with Crippen molar-refractivity contribution in [3.8, 4) is 11.1 Å². The molecule has 5 heteroatoms. The summed E-state index contributed by atoms with van der Waals surface area (Å²) in [5, 5.41) is 1.35. The molecule has 0 fully saturated rings. The molecule has 28 heavy (non-hydrogen) atoms. The van der Waals surface area contributed by atoms with Crippen LogP contribution in [0.15, 0.2) is 67.0 Å². The van der Waals surface area contributed by atoms with Gasteiger partial charge in [0.25, 0.3) is 0 Å². The number of hydrogen-bond acceptors (Lipinski definition) is 3. The zero-order chi connectivity index (χ0) is 19.7. The van der Waals surface area contributed by atoms with Crippen LogP contribution in [0, 0.1) is 0 Å². The van der Waals surface area contributed by atoms with E-state index in [4.69, 9.17) is 11.6 Å². The van der Waals surface area contributed by atoms with E-state index in [2.05, 4.69) is 9.97 Å². The lowest BCUT2D eigenvalue weighted by Crippen LogP contribution is -2.01. The molecular formula is C23H17ClN2O2. The van der Waals surface area contributed by atoms with E-state index in [0.717, 1.165) is 22.1 Å². The second kappa shape index (κ2) is 7.41. The Kier molecular flexibility index (Phi) is 4.80. The minimum atomic E-state index is -0.0999. The standard InChI is InChI=1S/C23H17ClN2O2/c1-14(27)11-15-3-2-4-17(12-15)19-9-10-25-23-21(19)20(13-26-23)22(28)16-5-7-18(24)8-6-16/h2-10,12-13H,11H2,1H3,(H,25,26). The van der Waals surface area contributed by atoms with Crippen molar-refractivity contribution in [2.75, 3.05) is 0 Å². The molecule has 0 saturated heterocycles. The van der Waals surface area contributed by atoms with Crippen LogP contribution in [-0.4, -0.2) is 21.5 Å². The fraction of sp³-hybridized carbons (Fsp3) is 0.0870. The normalized spacial score (nSPS) is 10.9. The number of carbonyl (C=O) groups is 2. The van der Waals surface area contributed by atoms with Gasteiger partial charge < -0.3 is 4.98 Å². The van der Waals surface area contributed by atoms with E-state index in [9.17, 15) is 9.59 Å². The highest BCUT2D eigenvalue weighted by atomic mass is 35.5. The van der Waals surface area contributed by atoms with E-state index in [-0.39, 0.29) is 11.6 Å². The summed E-state index contributed by atoms with van der Waals surface area (Å²) < 4.78 is 0. The van der Waals surface area contributed by atoms with E-state index in [1.807, 2.05) is 30.3 Å². The first-order valence-electron chi connectivity index (χ1n) is 8.88. The Morgan fingerprint density at radius 3 is 2.61 bits per heavy atom. The maximum Gasteiger partial charge on any atom is 0.195 e. The molecule has 2 heterocycles. The molecule has 4 aromatic rings. The molecule has 2 aromatic heterocycles. The molecule has 0 spiro atoms. The topological polar surface area (TPSA) is 62.8 Å². The minimum absolute atomic E-state index is 0.0999. The molecule has 1 N–H and O–H groups in total. The van der Waals surface area contributed by atoms with Crippen LogP contribution in [-0.2, 0) is 11.2 Å². The summed E-state index contributed by atoms with van der Waals surface area (Å²) in [5.74, 6) is 0.00864. The van der Waals surface area contributed by atoms with Crippen molar-refractivity contribution in [2.24, 2.45) is 0 Å². The van der Waals surface area contributed by atoms with Crippen LogP contribution in [0.1, 0.15) is 28.4 Å². The first-order valence-corrected chi connectivity index (χ1v) is 9.26. The summed E-state index contributed by atoms with van der Waals surface area (Å²) in [4.78, 5) is 32.0. The third kappa shape index (κ3) is 3.47. The molecule has 0 aliphatic carbocycles. The van der Waals surface area contributed by atoms with Crippen LogP contribution in [0.3, 0.4) is 0 Å². The number of rotatable bonds is 5. The highest BCUT2D eigenvalue weighted by molar-refractivity contribution is 6.30. The minimum Gasteiger partial charge on any atom is -0.345 e. The van der Waals surface area contributed by atoms with Gasteiger partial charge in [-0.05, 0) is 53.9 Å². The number of aromatic nitrogens is 2. The van der Waals surface area contributed by atoms with Gasteiger partial charge >= 0.3 is 0 Å². The van der Waals surface area contributed by atoms with Gasteiger partial charge in [-0.1, -0.05) is 35.9 Å². The molecular weight excluding hydrogens is 372 g/mol. The third-order valence-electron chi connectivity index (χ3n) is 4.62. The van der Waals surface area contributed by atoms with Gasteiger partial charge in [0.15, 0.2) is 5.78 Å². The number of nitrogens with zero attached hydrogens (tertiary/aromatic N) is 1. The van der Waals surface area contributed by atoms with Gasteiger partial charge in [-0.2, -0.15) is 0 Å². The zero-order valence-electron chi connectivity index (χ0n) is 15.2. The fourth-order valence-corrected chi connectivity index (χ4v) is 3.50. The van der Waals surface area contributed by atoms with Crippen LogP contribution in [0.5, 0.6) is 0 Å².